The molecule has 55 heavy (non-hydrogen) atoms. The number of benzene rings is 8. The highest BCUT2D eigenvalue weighted by molar-refractivity contribution is 6.22. The summed E-state index contributed by atoms with van der Waals surface area (Å²) in [7, 11) is 0. The summed E-state index contributed by atoms with van der Waals surface area (Å²) >= 11 is 0. The summed E-state index contributed by atoms with van der Waals surface area (Å²) in [5.74, 6) is 3.55. The predicted molar refractivity (Wildman–Crippen MR) is 220 cm³/mol. The monoisotopic (exact) mass is 702 g/mol. The Hall–Kier alpha value is -7.37. The fraction of sp³-hybridized carbons (Fsp3) is 0.0200. The number of hydrogen-bond acceptors (Lipinski definition) is 4. The zero-order chi connectivity index (χ0) is 36.1. The van der Waals surface area contributed by atoms with Crippen molar-refractivity contribution in [3.63, 3.8) is 0 Å². The summed E-state index contributed by atoms with van der Waals surface area (Å²) < 4.78 is 8.90. The van der Waals surface area contributed by atoms with Gasteiger partial charge in [-0.1, -0.05) is 152 Å². The van der Waals surface area contributed by atoms with Gasteiger partial charge in [0.15, 0.2) is 11.6 Å². The van der Waals surface area contributed by atoms with E-state index in [2.05, 4.69) is 150 Å². The van der Waals surface area contributed by atoms with E-state index < -0.39 is 5.41 Å². The van der Waals surface area contributed by atoms with Crippen molar-refractivity contribution in [2.45, 2.75) is 5.41 Å². The predicted octanol–water partition coefficient (Wildman–Crippen LogP) is 11.9. The molecule has 0 atom stereocenters. The Morgan fingerprint density at radius 3 is 1.69 bits per heavy atom. The maximum Gasteiger partial charge on any atom is 0.238 e. The fourth-order valence-corrected chi connectivity index (χ4v) is 9.24. The molecule has 0 N–H and O–H groups in total. The van der Waals surface area contributed by atoms with E-state index in [1.807, 2.05) is 36.4 Å². The molecule has 1 spiro atoms. The molecule has 0 radical (unpaired) electrons. The second-order valence-corrected chi connectivity index (χ2v) is 14.3. The number of ether oxygens (including phenoxy) is 1. The first-order chi connectivity index (χ1) is 27.3. The van der Waals surface area contributed by atoms with E-state index in [0.29, 0.717) is 17.6 Å². The molecule has 3 heterocycles. The van der Waals surface area contributed by atoms with E-state index in [1.54, 1.807) is 0 Å². The Morgan fingerprint density at radius 2 is 1.00 bits per heavy atom. The molecule has 256 valence electrons. The third kappa shape index (κ3) is 4.15. The number of rotatable bonds is 3. The largest absolute Gasteiger partial charge is 0.457 e. The van der Waals surface area contributed by atoms with Gasteiger partial charge < -0.3 is 4.74 Å². The Kier molecular flexibility index (Phi) is 6.20. The normalized spacial score (nSPS) is 13.4. The Morgan fingerprint density at radius 1 is 0.418 bits per heavy atom. The van der Waals surface area contributed by atoms with Gasteiger partial charge >= 0.3 is 0 Å². The van der Waals surface area contributed by atoms with Gasteiger partial charge in [-0.15, -0.1) is 0 Å². The van der Waals surface area contributed by atoms with Crippen LogP contribution in [0.15, 0.2) is 182 Å². The van der Waals surface area contributed by atoms with E-state index in [-0.39, 0.29) is 0 Å². The zero-order valence-electron chi connectivity index (χ0n) is 29.5. The first-order valence-corrected chi connectivity index (χ1v) is 18.6. The van der Waals surface area contributed by atoms with E-state index in [9.17, 15) is 0 Å². The summed E-state index contributed by atoms with van der Waals surface area (Å²) in [6.45, 7) is 0. The summed E-state index contributed by atoms with van der Waals surface area (Å²) in [5.41, 5.74) is 10.5. The van der Waals surface area contributed by atoms with Crippen LogP contribution in [0, 0.1) is 0 Å². The molecule has 2 aromatic heterocycles. The van der Waals surface area contributed by atoms with Gasteiger partial charge in [0.2, 0.25) is 5.95 Å². The number of hydrogen-bond donors (Lipinski definition) is 0. The van der Waals surface area contributed by atoms with Gasteiger partial charge in [0, 0.05) is 33.0 Å². The molecule has 0 amide bonds. The first-order valence-electron chi connectivity index (χ1n) is 18.6. The standard InChI is InChI=1S/C50H30N4O/c1-3-16-32(17-4-1)47-51-48(33-18-5-2-6-19-33)53-49(52-47)54-42-28-27-31-15-7-8-20-34(31)46(42)37-29-36-35-21-9-10-22-38(35)50(41(36)30-43(37)54)39-23-11-13-25-44(39)55-45-26-14-12-24-40(45)50/h1-30H. The van der Waals surface area contributed by atoms with E-state index in [4.69, 9.17) is 19.7 Å². The Balaban J connectivity index is 1.26. The van der Waals surface area contributed by atoms with Crippen LogP contribution in [0.3, 0.4) is 0 Å². The van der Waals surface area contributed by atoms with Crippen LogP contribution in [0.1, 0.15) is 22.3 Å². The first kappa shape index (κ1) is 30.1. The maximum absolute atomic E-state index is 6.65. The molecule has 1 aliphatic heterocycles. The van der Waals surface area contributed by atoms with Gasteiger partial charge in [0.25, 0.3) is 0 Å². The number of para-hydroxylation sites is 2. The third-order valence-corrected chi connectivity index (χ3v) is 11.5. The minimum atomic E-state index is -0.613. The lowest BCUT2D eigenvalue weighted by molar-refractivity contribution is 0.436. The lowest BCUT2D eigenvalue weighted by Crippen LogP contribution is -2.32. The minimum absolute atomic E-state index is 0.570. The fourth-order valence-electron chi connectivity index (χ4n) is 9.24. The van der Waals surface area contributed by atoms with Crippen LogP contribution < -0.4 is 4.74 Å². The van der Waals surface area contributed by atoms with Gasteiger partial charge in [0.1, 0.15) is 11.5 Å². The maximum atomic E-state index is 6.65. The molecule has 0 unspecified atom stereocenters. The van der Waals surface area contributed by atoms with Crippen molar-refractivity contribution in [2.75, 3.05) is 0 Å². The van der Waals surface area contributed by atoms with Crippen molar-refractivity contribution in [1.82, 2.24) is 19.5 Å². The van der Waals surface area contributed by atoms with Crippen molar-refractivity contribution in [3.05, 3.63) is 204 Å². The number of fused-ring (bicyclic) bond motifs is 14. The summed E-state index contributed by atoms with van der Waals surface area (Å²) in [4.78, 5) is 15.6. The average molecular weight is 703 g/mol. The number of nitrogens with zero attached hydrogens (tertiary/aromatic N) is 4. The second kappa shape index (κ2) is 11.3. The second-order valence-electron chi connectivity index (χ2n) is 14.3. The topological polar surface area (TPSA) is 52.8 Å². The molecule has 0 saturated heterocycles. The molecular weight excluding hydrogens is 673 g/mol. The SMILES string of the molecule is c1ccc(-c2nc(-c3ccccc3)nc(-n3c4cc5c(cc4c4c6ccccc6ccc43)-c3ccccc3C53c4ccccc4Oc4ccccc43)n2)cc1. The molecule has 1 aliphatic carbocycles. The smallest absolute Gasteiger partial charge is 0.238 e. The quantitative estimate of drug-likeness (QED) is 0.184. The zero-order valence-corrected chi connectivity index (χ0v) is 29.5. The van der Waals surface area contributed by atoms with Gasteiger partial charge in [-0.25, -0.2) is 4.98 Å². The third-order valence-electron chi connectivity index (χ3n) is 11.5. The molecule has 12 rings (SSSR count). The van der Waals surface area contributed by atoms with Crippen LogP contribution in [0.4, 0.5) is 0 Å². The van der Waals surface area contributed by atoms with Gasteiger partial charge in [-0.3, -0.25) is 4.57 Å². The summed E-state index contributed by atoms with van der Waals surface area (Å²) in [6, 6.07) is 64.2. The van der Waals surface area contributed by atoms with Crippen molar-refractivity contribution in [2.24, 2.45) is 0 Å². The molecular formula is C50H30N4O. The molecule has 0 fully saturated rings. The highest BCUT2D eigenvalue weighted by Crippen LogP contribution is 2.62. The highest BCUT2D eigenvalue weighted by atomic mass is 16.5. The molecule has 10 aromatic rings. The minimum Gasteiger partial charge on any atom is -0.457 e. The Bertz CT molecular complexity index is 3080. The van der Waals surface area contributed by atoms with Gasteiger partial charge in [-0.05, 0) is 63.4 Å². The molecule has 8 aromatic carbocycles. The Labute approximate surface area is 316 Å². The molecule has 0 saturated carbocycles. The summed E-state index contributed by atoms with van der Waals surface area (Å²) in [6.07, 6.45) is 0. The molecule has 0 bridgehead atoms. The van der Waals surface area contributed by atoms with Crippen LogP contribution in [-0.4, -0.2) is 19.5 Å². The van der Waals surface area contributed by atoms with Crippen molar-refractivity contribution < 1.29 is 4.74 Å². The average Bonchev–Trinajstić information content (AvgIpc) is 3.73. The molecule has 5 nitrogen and oxygen atoms in total. The van der Waals surface area contributed by atoms with Crippen LogP contribution >= 0.6 is 0 Å². The van der Waals surface area contributed by atoms with Crippen LogP contribution in [0.2, 0.25) is 0 Å². The lowest BCUT2D eigenvalue weighted by atomic mass is 9.66. The van der Waals surface area contributed by atoms with Gasteiger partial charge in [0.05, 0.1) is 16.4 Å². The van der Waals surface area contributed by atoms with E-state index in [0.717, 1.165) is 50.2 Å². The van der Waals surface area contributed by atoms with Gasteiger partial charge in [-0.2, -0.15) is 9.97 Å². The van der Waals surface area contributed by atoms with Crippen LogP contribution in [-0.2, 0) is 5.41 Å². The number of aromatic nitrogens is 4. The van der Waals surface area contributed by atoms with Crippen molar-refractivity contribution in [1.29, 1.82) is 0 Å². The van der Waals surface area contributed by atoms with Crippen LogP contribution in [0.5, 0.6) is 11.5 Å². The lowest BCUT2D eigenvalue weighted by Gasteiger charge is -2.39. The summed E-state index contributed by atoms with van der Waals surface area (Å²) in [5, 5.41) is 4.69. The van der Waals surface area contributed by atoms with Crippen LogP contribution in [0.25, 0.3) is 72.4 Å². The molecule has 2 aliphatic rings. The van der Waals surface area contributed by atoms with Crippen molar-refractivity contribution >= 4 is 32.6 Å². The van der Waals surface area contributed by atoms with E-state index in [1.165, 1.54) is 38.4 Å². The van der Waals surface area contributed by atoms with Crippen molar-refractivity contribution in [3.8, 4) is 51.3 Å². The van der Waals surface area contributed by atoms with E-state index >= 15 is 0 Å². The highest BCUT2D eigenvalue weighted by Gasteiger charge is 2.51. The molecule has 5 heteroatoms.